The summed E-state index contributed by atoms with van der Waals surface area (Å²) in [5.74, 6) is 1.06. The molecule has 2 fully saturated rings. The summed E-state index contributed by atoms with van der Waals surface area (Å²) in [5.41, 5.74) is 0.669. The summed E-state index contributed by atoms with van der Waals surface area (Å²) in [4.78, 5) is 26.5. The normalized spacial score (nSPS) is 18.3. The van der Waals surface area contributed by atoms with Gasteiger partial charge >= 0.3 is 0 Å². The molecule has 1 heterocycles. The van der Waals surface area contributed by atoms with Crippen LogP contribution in [0.1, 0.15) is 39.5 Å². The Morgan fingerprint density at radius 1 is 1.16 bits per heavy atom. The highest BCUT2D eigenvalue weighted by atomic mass is 35.5. The number of carbonyl (C=O) groups is 2. The van der Waals surface area contributed by atoms with E-state index in [2.05, 4.69) is 5.32 Å². The van der Waals surface area contributed by atoms with Crippen LogP contribution in [0.5, 0.6) is 5.75 Å². The molecule has 1 aliphatic heterocycles. The molecule has 6 heteroatoms. The maximum atomic E-state index is 12.5. The first-order chi connectivity index (χ1) is 11.9. The standard InChI is InChI=1S/C19H25ClN2O3/c1-12(2)25-17-6-5-15(11-16(17)20)21-18(23)13-7-9-22(10-8-13)19(24)14-3-4-14/h5-6,11-14H,3-4,7-10H2,1-2H3,(H,21,23). The number of anilines is 1. The van der Waals surface area contributed by atoms with Gasteiger partial charge in [-0.25, -0.2) is 0 Å². The van der Waals surface area contributed by atoms with Crippen molar-refractivity contribution in [2.75, 3.05) is 18.4 Å². The number of benzene rings is 1. The van der Waals surface area contributed by atoms with Gasteiger partial charge < -0.3 is 15.0 Å². The number of hydrogen-bond acceptors (Lipinski definition) is 3. The van der Waals surface area contributed by atoms with Gasteiger partial charge in [0, 0.05) is 30.6 Å². The zero-order chi connectivity index (χ0) is 18.0. The number of rotatable bonds is 5. The van der Waals surface area contributed by atoms with E-state index in [0.717, 1.165) is 12.8 Å². The molecule has 0 spiro atoms. The first-order valence-electron chi connectivity index (χ1n) is 9.00. The Hall–Kier alpha value is -1.75. The highest BCUT2D eigenvalue weighted by molar-refractivity contribution is 6.32. The monoisotopic (exact) mass is 364 g/mol. The van der Waals surface area contributed by atoms with E-state index in [-0.39, 0.29) is 29.8 Å². The molecule has 3 rings (SSSR count). The van der Waals surface area contributed by atoms with Crippen LogP contribution in [-0.4, -0.2) is 35.9 Å². The summed E-state index contributed by atoms with van der Waals surface area (Å²) < 4.78 is 5.60. The van der Waals surface area contributed by atoms with Crippen LogP contribution < -0.4 is 10.1 Å². The van der Waals surface area contributed by atoms with Crippen molar-refractivity contribution in [3.8, 4) is 5.75 Å². The molecule has 0 bridgehead atoms. The Bertz CT molecular complexity index is 650. The van der Waals surface area contributed by atoms with Crippen LogP contribution in [0, 0.1) is 11.8 Å². The summed E-state index contributed by atoms with van der Waals surface area (Å²) in [6, 6.07) is 5.28. The fraction of sp³-hybridized carbons (Fsp3) is 0.579. The lowest BCUT2D eigenvalue weighted by molar-refractivity contribution is -0.135. The van der Waals surface area contributed by atoms with Gasteiger partial charge in [0.1, 0.15) is 5.75 Å². The number of piperidine rings is 1. The van der Waals surface area contributed by atoms with Crippen molar-refractivity contribution in [1.82, 2.24) is 4.90 Å². The van der Waals surface area contributed by atoms with Crippen molar-refractivity contribution in [1.29, 1.82) is 0 Å². The van der Waals surface area contributed by atoms with E-state index in [9.17, 15) is 9.59 Å². The summed E-state index contributed by atoms with van der Waals surface area (Å²) >= 11 is 6.21. The molecule has 1 aliphatic carbocycles. The average molecular weight is 365 g/mol. The van der Waals surface area contributed by atoms with Gasteiger partial charge in [-0.2, -0.15) is 0 Å². The van der Waals surface area contributed by atoms with Crippen LogP contribution in [0.4, 0.5) is 5.69 Å². The molecule has 0 atom stereocenters. The second kappa shape index (κ2) is 7.65. The lowest BCUT2D eigenvalue weighted by atomic mass is 9.95. The SMILES string of the molecule is CC(C)Oc1ccc(NC(=O)C2CCN(C(=O)C3CC3)CC2)cc1Cl. The van der Waals surface area contributed by atoms with E-state index in [1.54, 1.807) is 18.2 Å². The maximum Gasteiger partial charge on any atom is 0.227 e. The molecule has 0 unspecified atom stereocenters. The molecule has 1 saturated carbocycles. The number of hydrogen-bond donors (Lipinski definition) is 1. The zero-order valence-corrected chi connectivity index (χ0v) is 15.5. The largest absolute Gasteiger partial charge is 0.489 e. The predicted molar refractivity (Wildman–Crippen MR) is 97.9 cm³/mol. The van der Waals surface area contributed by atoms with Crippen LogP contribution in [0.15, 0.2) is 18.2 Å². The van der Waals surface area contributed by atoms with Gasteiger partial charge in [-0.1, -0.05) is 11.6 Å². The van der Waals surface area contributed by atoms with Crippen LogP contribution in [-0.2, 0) is 9.59 Å². The molecule has 1 aromatic carbocycles. The Balaban J connectivity index is 1.52. The highest BCUT2D eigenvalue weighted by Crippen LogP contribution is 2.33. The summed E-state index contributed by atoms with van der Waals surface area (Å²) in [6.45, 7) is 5.23. The number of ether oxygens (including phenoxy) is 1. The van der Waals surface area contributed by atoms with E-state index in [1.165, 1.54) is 0 Å². The molecule has 0 radical (unpaired) electrons. The minimum Gasteiger partial charge on any atom is -0.489 e. The molecule has 1 aromatic rings. The molecule has 0 aromatic heterocycles. The Morgan fingerprint density at radius 2 is 1.84 bits per heavy atom. The minimum atomic E-state index is -0.0615. The Labute approximate surface area is 153 Å². The third-order valence-corrected chi connectivity index (χ3v) is 4.96. The average Bonchev–Trinajstić information content (AvgIpc) is 3.41. The van der Waals surface area contributed by atoms with E-state index in [1.807, 2.05) is 18.7 Å². The van der Waals surface area contributed by atoms with Crippen molar-refractivity contribution < 1.29 is 14.3 Å². The molecule has 1 saturated heterocycles. The topological polar surface area (TPSA) is 58.6 Å². The molecule has 5 nitrogen and oxygen atoms in total. The lowest BCUT2D eigenvalue weighted by Gasteiger charge is -2.31. The number of likely N-dealkylation sites (tertiary alicyclic amines) is 1. The molecule has 2 aliphatic rings. The smallest absolute Gasteiger partial charge is 0.227 e. The van der Waals surface area contributed by atoms with Gasteiger partial charge in [0.05, 0.1) is 11.1 Å². The van der Waals surface area contributed by atoms with Gasteiger partial charge in [0.2, 0.25) is 11.8 Å². The third kappa shape index (κ3) is 4.66. The number of nitrogens with one attached hydrogen (secondary N) is 1. The third-order valence-electron chi connectivity index (χ3n) is 4.67. The zero-order valence-electron chi connectivity index (χ0n) is 14.8. The van der Waals surface area contributed by atoms with Gasteiger partial charge in [-0.05, 0) is 57.7 Å². The van der Waals surface area contributed by atoms with E-state index < -0.39 is 0 Å². The summed E-state index contributed by atoms with van der Waals surface area (Å²) in [6.07, 6.45) is 3.52. The van der Waals surface area contributed by atoms with Crippen molar-refractivity contribution in [3.63, 3.8) is 0 Å². The minimum absolute atomic E-state index is 0.00730. The Kier molecular flexibility index (Phi) is 5.52. The first kappa shape index (κ1) is 18.1. The second-order valence-electron chi connectivity index (χ2n) is 7.17. The van der Waals surface area contributed by atoms with Crippen LogP contribution in [0.2, 0.25) is 5.02 Å². The lowest BCUT2D eigenvalue weighted by Crippen LogP contribution is -2.42. The Morgan fingerprint density at radius 3 is 2.40 bits per heavy atom. The molecular weight excluding hydrogens is 340 g/mol. The van der Waals surface area contributed by atoms with Gasteiger partial charge in [-0.15, -0.1) is 0 Å². The predicted octanol–water partition coefficient (Wildman–Crippen LogP) is 3.71. The summed E-state index contributed by atoms with van der Waals surface area (Å²) in [7, 11) is 0. The van der Waals surface area contributed by atoms with Crippen LogP contribution in [0.3, 0.4) is 0 Å². The van der Waals surface area contributed by atoms with E-state index >= 15 is 0 Å². The molecule has 1 N–H and O–H groups in total. The van der Waals surface area contributed by atoms with Crippen molar-refractivity contribution >= 4 is 29.1 Å². The molecule has 136 valence electrons. The van der Waals surface area contributed by atoms with Crippen molar-refractivity contribution in [2.24, 2.45) is 11.8 Å². The molecule has 2 amide bonds. The second-order valence-corrected chi connectivity index (χ2v) is 7.58. The first-order valence-corrected chi connectivity index (χ1v) is 9.37. The molecule has 25 heavy (non-hydrogen) atoms. The van der Waals surface area contributed by atoms with E-state index in [0.29, 0.717) is 42.4 Å². The fourth-order valence-electron chi connectivity index (χ4n) is 3.12. The van der Waals surface area contributed by atoms with Crippen LogP contribution >= 0.6 is 11.6 Å². The summed E-state index contributed by atoms with van der Waals surface area (Å²) in [5, 5.41) is 3.41. The number of halogens is 1. The van der Waals surface area contributed by atoms with Gasteiger partial charge in [-0.3, -0.25) is 9.59 Å². The quantitative estimate of drug-likeness (QED) is 0.866. The maximum absolute atomic E-state index is 12.5. The number of carbonyl (C=O) groups excluding carboxylic acids is 2. The number of nitrogens with zero attached hydrogens (tertiary/aromatic N) is 1. The van der Waals surface area contributed by atoms with Gasteiger partial charge in [0.15, 0.2) is 0 Å². The van der Waals surface area contributed by atoms with Gasteiger partial charge in [0.25, 0.3) is 0 Å². The van der Waals surface area contributed by atoms with Crippen molar-refractivity contribution in [3.05, 3.63) is 23.2 Å². The fourth-order valence-corrected chi connectivity index (χ4v) is 3.35. The van der Waals surface area contributed by atoms with Crippen LogP contribution in [0.25, 0.3) is 0 Å². The number of amides is 2. The van der Waals surface area contributed by atoms with Crippen molar-refractivity contribution in [2.45, 2.75) is 45.6 Å². The highest BCUT2D eigenvalue weighted by Gasteiger charge is 2.35. The van der Waals surface area contributed by atoms with E-state index in [4.69, 9.17) is 16.3 Å². The molecular formula is C19H25ClN2O3.